The third kappa shape index (κ3) is 4.49. The van der Waals surface area contributed by atoms with Gasteiger partial charge >= 0.3 is 5.97 Å². The van der Waals surface area contributed by atoms with Crippen molar-refractivity contribution < 1.29 is 19.0 Å². The van der Waals surface area contributed by atoms with Crippen LogP contribution in [0.25, 0.3) is 17.1 Å². The number of nitrogens with zero attached hydrogens (tertiary/aromatic N) is 5. The number of benzene rings is 2. The molecule has 0 amide bonds. The lowest BCUT2D eigenvalue weighted by molar-refractivity contribution is 0.0359. The summed E-state index contributed by atoms with van der Waals surface area (Å²) < 4.78 is 20.8. The van der Waals surface area contributed by atoms with E-state index in [1.165, 1.54) is 0 Å². The Labute approximate surface area is 203 Å². The number of hydrogen-bond acceptors (Lipinski definition) is 7. The summed E-state index contributed by atoms with van der Waals surface area (Å²) in [5.41, 5.74) is 2.44. The lowest BCUT2D eigenvalue weighted by atomic mass is 9.99. The summed E-state index contributed by atoms with van der Waals surface area (Å²) >= 11 is 0. The molecule has 180 valence electrons. The molecule has 0 bridgehead atoms. The predicted octanol–water partition coefficient (Wildman–Crippen LogP) is 4.28. The SMILES string of the molecule is COc1ccc2c(c1)-c1nnc(COc3ccccc3)n1Cc1c(C(=O)OCC(C)(C)C)ncn1-2. The summed E-state index contributed by atoms with van der Waals surface area (Å²) in [7, 11) is 1.62. The van der Waals surface area contributed by atoms with Crippen molar-refractivity contribution in [2.24, 2.45) is 5.41 Å². The van der Waals surface area contributed by atoms with E-state index in [4.69, 9.17) is 14.2 Å². The first-order valence-electron chi connectivity index (χ1n) is 11.4. The molecular weight excluding hydrogens is 446 g/mol. The maximum atomic E-state index is 13.0. The van der Waals surface area contributed by atoms with Gasteiger partial charge in [0, 0.05) is 5.56 Å². The molecule has 0 radical (unpaired) electrons. The summed E-state index contributed by atoms with van der Waals surface area (Å²) in [6, 6.07) is 15.2. The van der Waals surface area contributed by atoms with Gasteiger partial charge in [-0.15, -0.1) is 10.2 Å². The highest BCUT2D eigenvalue weighted by Gasteiger charge is 2.29. The molecule has 0 N–H and O–H groups in total. The Bertz CT molecular complexity index is 1370. The third-order valence-corrected chi connectivity index (χ3v) is 5.65. The summed E-state index contributed by atoms with van der Waals surface area (Å²) in [5.74, 6) is 2.25. The number of carbonyl (C=O) groups excluding carboxylic acids is 1. The van der Waals surface area contributed by atoms with Crippen molar-refractivity contribution in [3.05, 3.63) is 72.1 Å². The van der Waals surface area contributed by atoms with Crippen molar-refractivity contribution >= 4 is 5.97 Å². The standard InChI is InChI=1S/C26H27N5O4/c1-26(2,3)15-35-25(32)23-21-13-30-22(14-34-17-8-6-5-7-9-17)28-29-24(30)19-12-18(33-4)10-11-20(19)31(21)16-27-23/h5-12,16H,13-15H2,1-4H3. The molecule has 0 aliphatic carbocycles. The Morgan fingerprint density at radius 2 is 1.86 bits per heavy atom. The number of hydrogen-bond donors (Lipinski definition) is 0. The van der Waals surface area contributed by atoms with Crippen LogP contribution in [0.4, 0.5) is 0 Å². The highest BCUT2D eigenvalue weighted by Crippen LogP contribution is 2.35. The molecule has 9 heteroatoms. The van der Waals surface area contributed by atoms with E-state index in [2.05, 4.69) is 15.2 Å². The Kier molecular flexibility index (Phi) is 5.76. The van der Waals surface area contributed by atoms with Gasteiger partial charge in [-0.2, -0.15) is 0 Å². The van der Waals surface area contributed by atoms with E-state index in [0.29, 0.717) is 36.2 Å². The van der Waals surface area contributed by atoms with E-state index in [-0.39, 0.29) is 17.7 Å². The number of esters is 1. The maximum absolute atomic E-state index is 13.0. The number of ether oxygens (including phenoxy) is 3. The van der Waals surface area contributed by atoms with E-state index in [0.717, 1.165) is 17.0 Å². The Morgan fingerprint density at radius 3 is 2.60 bits per heavy atom. The van der Waals surface area contributed by atoms with Crippen molar-refractivity contribution in [1.82, 2.24) is 24.3 Å². The van der Waals surface area contributed by atoms with Crippen molar-refractivity contribution in [2.45, 2.75) is 33.9 Å². The van der Waals surface area contributed by atoms with Gasteiger partial charge in [0.15, 0.2) is 17.3 Å². The quantitative estimate of drug-likeness (QED) is 0.340. The van der Waals surface area contributed by atoms with E-state index in [1.54, 1.807) is 13.4 Å². The van der Waals surface area contributed by atoms with Crippen molar-refractivity contribution in [1.29, 1.82) is 0 Å². The van der Waals surface area contributed by atoms with Crippen molar-refractivity contribution in [3.63, 3.8) is 0 Å². The number of aromatic nitrogens is 5. The summed E-state index contributed by atoms with van der Waals surface area (Å²) in [6.45, 7) is 6.88. The molecule has 5 rings (SSSR count). The first-order valence-corrected chi connectivity index (χ1v) is 11.4. The number of imidazole rings is 1. The smallest absolute Gasteiger partial charge is 0.358 e. The van der Waals surface area contributed by atoms with Gasteiger partial charge < -0.3 is 18.8 Å². The second-order valence-corrected chi connectivity index (χ2v) is 9.56. The van der Waals surface area contributed by atoms with E-state index >= 15 is 0 Å². The molecule has 2 aromatic carbocycles. The molecule has 0 unspecified atom stereocenters. The van der Waals surface area contributed by atoms with Gasteiger partial charge in [0.25, 0.3) is 0 Å². The highest BCUT2D eigenvalue weighted by molar-refractivity contribution is 5.89. The number of fused-ring (bicyclic) bond motifs is 5. The summed E-state index contributed by atoms with van der Waals surface area (Å²) in [5, 5.41) is 8.89. The topological polar surface area (TPSA) is 93.3 Å². The minimum Gasteiger partial charge on any atom is -0.497 e. The van der Waals surface area contributed by atoms with Gasteiger partial charge in [0.2, 0.25) is 0 Å². The van der Waals surface area contributed by atoms with Gasteiger partial charge in [-0.25, -0.2) is 9.78 Å². The number of rotatable bonds is 6. The van der Waals surface area contributed by atoms with Gasteiger partial charge in [-0.05, 0) is 35.7 Å². The highest BCUT2D eigenvalue weighted by atomic mass is 16.5. The zero-order valence-electron chi connectivity index (χ0n) is 20.2. The fourth-order valence-corrected chi connectivity index (χ4v) is 3.91. The van der Waals surface area contributed by atoms with Crippen LogP contribution in [0.15, 0.2) is 54.9 Å². The van der Waals surface area contributed by atoms with Crippen LogP contribution in [0.1, 0.15) is 42.8 Å². The van der Waals surface area contributed by atoms with Crippen LogP contribution >= 0.6 is 0 Å². The normalized spacial score (nSPS) is 12.2. The molecule has 3 heterocycles. The fraction of sp³-hybridized carbons (Fsp3) is 0.308. The van der Waals surface area contributed by atoms with Gasteiger partial charge in [-0.1, -0.05) is 39.0 Å². The molecule has 2 aromatic heterocycles. The second kappa shape index (κ2) is 8.90. The summed E-state index contributed by atoms with van der Waals surface area (Å²) in [4.78, 5) is 17.4. The summed E-state index contributed by atoms with van der Waals surface area (Å²) in [6.07, 6.45) is 1.65. The number of methoxy groups -OCH3 is 1. The van der Waals surface area contributed by atoms with E-state index in [9.17, 15) is 4.79 Å². The minimum atomic E-state index is -0.456. The van der Waals surface area contributed by atoms with Crippen LogP contribution in [0, 0.1) is 5.41 Å². The molecule has 0 atom stereocenters. The Hall–Kier alpha value is -4.14. The van der Waals surface area contributed by atoms with Crippen LogP contribution in [-0.4, -0.2) is 44.0 Å². The first kappa shape index (κ1) is 22.6. The van der Waals surface area contributed by atoms with Crippen LogP contribution in [-0.2, 0) is 17.9 Å². The lowest BCUT2D eigenvalue weighted by Gasteiger charge is -2.17. The predicted molar refractivity (Wildman–Crippen MR) is 129 cm³/mol. The molecule has 0 fully saturated rings. The lowest BCUT2D eigenvalue weighted by Crippen LogP contribution is -2.20. The molecular formula is C26H27N5O4. The third-order valence-electron chi connectivity index (χ3n) is 5.65. The first-order chi connectivity index (χ1) is 16.8. The molecule has 0 saturated carbocycles. The molecule has 1 aliphatic heterocycles. The molecule has 4 aromatic rings. The molecule has 0 saturated heterocycles. The average molecular weight is 474 g/mol. The molecule has 0 spiro atoms. The molecule has 1 aliphatic rings. The minimum absolute atomic E-state index is 0.154. The molecule has 35 heavy (non-hydrogen) atoms. The zero-order valence-corrected chi connectivity index (χ0v) is 20.2. The van der Waals surface area contributed by atoms with Crippen LogP contribution in [0.2, 0.25) is 0 Å². The largest absolute Gasteiger partial charge is 0.497 e. The monoisotopic (exact) mass is 473 g/mol. The maximum Gasteiger partial charge on any atom is 0.358 e. The number of para-hydroxylation sites is 1. The zero-order chi connectivity index (χ0) is 24.6. The van der Waals surface area contributed by atoms with Gasteiger partial charge in [-0.3, -0.25) is 4.57 Å². The Morgan fingerprint density at radius 1 is 1.06 bits per heavy atom. The van der Waals surface area contributed by atoms with Crippen LogP contribution < -0.4 is 9.47 Å². The molecule has 9 nitrogen and oxygen atoms in total. The van der Waals surface area contributed by atoms with Crippen molar-refractivity contribution in [3.8, 4) is 28.6 Å². The van der Waals surface area contributed by atoms with Crippen LogP contribution in [0.5, 0.6) is 11.5 Å². The van der Waals surface area contributed by atoms with Gasteiger partial charge in [0.1, 0.15) is 24.4 Å². The van der Waals surface area contributed by atoms with Crippen LogP contribution in [0.3, 0.4) is 0 Å². The average Bonchev–Trinajstić information content (AvgIpc) is 3.42. The van der Waals surface area contributed by atoms with Crippen molar-refractivity contribution in [2.75, 3.05) is 13.7 Å². The Balaban J connectivity index is 1.57. The fourth-order valence-electron chi connectivity index (χ4n) is 3.91. The number of carbonyl (C=O) groups is 1. The van der Waals surface area contributed by atoms with E-state index in [1.807, 2.05) is 78.4 Å². The second-order valence-electron chi connectivity index (χ2n) is 9.56. The van der Waals surface area contributed by atoms with E-state index < -0.39 is 5.97 Å². The van der Waals surface area contributed by atoms with Gasteiger partial charge in [0.05, 0.1) is 31.6 Å².